The summed E-state index contributed by atoms with van der Waals surface area (Å²) < 4.78 is 0. The minimum atomic E-state index is -0.889. The molecule has 21 heavy (non-hydrogen) atoms. The number of amides is 2. The molecule has 2 amide bonds. The molecule has 0 saturated heterocycles. The van der Waals surface area contributed by atoms with E-state index < -0.39 is 11.7 Å². The van der Waals surface area contributed by atoms with E-state index in [-0.39, 0.29) is 11.8 Å². The first-order chi connectivity index (χ1) is 9.90. The van der Waals surface area contributed by atoms with E-state index in [2.05, 4.69) is 5.32 Å². The molecule has 0 radical (unpaired) electrons. The van der Waals surface area contributed by atoms with E-state index in [1.165, 1.54) is 0 Å². The Balaban J connectivity index is 2.23. The summed E-state index contributed by atoms with van der Waals surface area (Å²) in [5, 5.41) is 2.82. The predicted octanol–water partition coefficient (Wildman–Crippen LogP) is 2.18. The van der Waals surface area contributed by atoms with Gasteiger partial charge in [0.2, 0.25) is 11.7 Å². The van der Waals surface area contributed by atoms with Crippen LogP contribution in [0.4, 0.5) is 5.69 Å². The van der Waals surface area contributed by atoms with Crippen LogP contribution in [0.15, 0.2) is 24.3 Å². The SMILES string of the molecule is Cc1ccc(NC(=O)CCCCC(C)C(=O)C(N)=O)cc1. The van der Waals surface area contributed by atoms with Gasteiger partial charge in [0.25, 0.3) is 5.91 Å². The van der Waals surface area contributed by atoms with Crippen LogP contribution in [0.5, 0.6) is 0 Å². The first kappa shape index (κ1) is 16.9. The average molecular weight is 290 g/mol. The van der Waals surface area contributed by atoms with Crippen LogP contribution in [0.1, 0.15) is 38.2 Å². The maximum absolute atomic E-state index is 11.7. The monoisotopic (exact) mass is 290 g/mol. The zero-order valence-electron chi connectivity index (χ0n) is 12.5. The molecule has 0 spiro atoms. The Hall–Kier alpha value is -2.17. The number of aryl methyl sites for hydroxylation is 1. The number of anilines is 1. The van der Waals surface area contributed by atoms with Crippen molar-refractivity contribution in [1.82, 2.24) is 0 Å². The Morgan fingerprint density at radius 3 is 2.33 bits per heavy atom. The van der Waals surface area contributed by atoms with Crippen LogP contribution in [-0.2, 0) is 14.4 Å². The molecule has 5 nitrogen and oxygen atoms in total. The fourth-order valence-electron chi connectivity index (χ4n) is 1.97. The lowest BCUT2D eigenvalue weighted by Gasteiger charge is -2.08. The van der Waals surface area contributed by atoms with Crippen molar-refractivity contribution in [2.75, 3.05) is 5.32 Å². The maximum atomic E-state index is 11.7. The van der Waals surface area contributed by atoms with Crippen LogP contribution in [0, 0.1) is 12.8 Å². The topological polar surface area (TPSA) is 89.3 Å². The van der Waals surface area contributed by atoms with Gasteiger partial charge < -0.3 is 11.1 Å². The van der Waals surface area contributed by atoms with Gasteiger partial charge in [-0.15, -0.1) is 0 Å². The number of hydrogen-bond acceptors (Lipinski definition) is 3. The molecule has 1 aromatic carbocycles. The van der Waals surface area contributed by atoms with E-state index in [9.17, 15) is 14.4 Å². The van der Waals surface area contributed by atoms with E-state index in [4.69, 9.17) is 5.73 Å². The Morgan fingerprint density at radius 2 is 1.76 bits per heavy atom. The molecular formula is C16H22N2O3. The van der Waals surface area contributed by atoms with Crippen LogP contribution in [0.2, 0.25) is 0 Å². The van der Waals surface area contributed by atoms with Gasteiger partial charge in [-0.1, -0.05) is 31.0 Å². The van der Waals surface area contributed by atoms with Gasteiger partial charge in [-0.05, 0) is 31.9 Å². The summed E-state index contributed by atoms with van der Waals surface area (Å²) >= 11 is 0. The largest absolute Gasteiger partial charge is 0.363 e. The van der Waals surface area contributed by atoms with Gasteiger partial charge in [0, 0.05) is 18.0 Å². The van der Waals surface area contributed by atoms with Gasteiger partial charge >= 0.3 is 0 Å². The second-order valence-corrected chi connectivity index (χ2v) is 5.29. The Kier molecular flexibility index (Phi) is 6.59. The number of benzene rings is 1. The number of unbranched alkanes of at least 4 members (excludes halogenated alkanes) is 1. The number of Topliss-reactive ketones (excluding diaryl/α,β-unsaturated/α-hetero) is 1. The molecule has 1 atom stereocenters. The second-order valence-electron chi connectivity index (χ2n) is 5.29. The lowest BCUT2D eigenvalue weighted by atomic mass is 9.98. The first-order valence-electron chi connectivity index (χ1n) is 7.10. The van der Waals surface area contributed by atoms with Gasteiger partial charge in [0.05, 0.1) is 0 Å². The molecular weight excluding hydrogens is 268 g/mol. The molecule has 0 aliphatic heterocycles. The zero-order chi connectivity index (χ0) is 15.8. The minimum absolute atomic E-state index is 0.0484. The summed E-state index contributed by atoms with van der Waals surface area (Å²) in [5.74, 6) is -1.85. The highest BCUT2D eigenvalue weighted by molar-refractivity contribution is 6.36. The summed E-state index contributed by atoms with van der Waals surface area (Å²) in [6, 6.07) is 7.60. The zero-order valence-corrected chi connectivity index (χ0v) is 12.5. The number of carbonyl (C=O) groups excluding carboxylic acids is 3. The van der Waals surface area contributed by atoms with Crippen molar-refractivity contribution in [3.8, 4) is 0 Å². The molecule has 5 heteroatoms. The highest BCUT2D eigenvalue weighted by atomic mass is 16.2. The smallest absolute Gasteiger partial charge is 0.285 e. The molecule has 1 rings (SSSR count). The third-order valence-corrected chi connectivity index (χ3v) is 3.32. The number of carbonyl (C=O) groups is 3. The van der Waals surface area contributed by atoms with Crippen molar-refractivity contribution >= 4 is 23.3 Å². The Morgan fingerprint density at radius 1 is 1.14 bits per heavy atom. The minimum Gasteiger partial charge on any atom is -0.363 e. The van der Waals surface area contributed by atoms with Gasteiger partial charge in [0.15, 0.2) is 0 Å². The molecule has 0 saturated carbocycles. The summed E-state index contributed by atoms with van der Waals surface area (Å²) in [4.78, 5) is 33.7. The fourth-order valence-corrected chi connectivity index (χ4v) is 1.97. The van der Waals surface area contributed by atoms with E-state index >= 15 is 0 Å². The quantitative estimate of drug-likeness (QED) is 0.568. The molecule has 114 valence electrons. The van der Waals surface area contributed by atoms with Crippen LogP contribution < -0.4 is 11.1 Å². The van der Waals surface area contributed by atoms with E-state index in [0.29, 0.717) is 25.7 Å². The number of rotatable bonds is 8. The molecule has 1 aromatic rings. The van der Waals surface area contributed by atoms with Crippen molar-refractivity contribution < 1.29 is 14.4 Å². The third-order valence-electron chi connectivity index (χ3n) is 3.32. The molecule has 3 N–H and O–H groups in total. The number of primary amides is 1. The van der Waals surface area contributed by atoms with Crippen molar-refractivity contribution in [1.29, 1.82) is 0 Å². The molecule has 0 aliphatic carbocycles. The Bertz CT molecular complexity index is 509. The summed E-state index contributed by atoms with van der Waals surface area (Å²) in [5.41, 5.74) is 6.85. The molecule has 0 heterocycles. The number of ketones is 1. The fraction of sp³-hybridized carbons (Fsp3) is 0.438. The average Bonchev–Trinajstić information content (AvgIpc) is 2.45. The Labute approximate surface area is 124 Å². The van der Waals surface area contributed by atoms with Crippen LogP contribution >= 0.6 is 0 Å². The van der Waals surface area contributed by atoms with Gasteiger partial charge in [-0.25, -0.2) is 0 Å². The lowest BCUT2D eigenvalue weighted by molar-refractivity contribution is -0.138. The molecule has 0 aliphatic rings. The first-order valence-corrected chi connectivity index (χ1v) is 7.10. The van der Waals surface area contributed by atoms with Crippen LogP contribution in [0.25, 0.3) is 0 Å². The molecule has 0 fully saturated rings. The highest BCUT2D eigenvalue weighted by Crippen LogP contribution is 2.12. The van der Waals surface area contributed by atoms with Crippen molar-refractivity contribution in [3.05, 3.63) is 29.8 Å². The van der Waals surface area contributed by atoms with Gasteiger partial charge in [-0.3, -0.25) is 14.4 Å². The van der Waals surface area contributed by atoms with Crippen LogP contribution in [0.3, 0.4) is 0 Å². The number of nitrogens with two attached hydrogens (primary N) is 1. The number of hydrogen-bond donors (Lipinski definition) is 2. The van der Waals surface area contributed by atoms with Crippen LogP contribution in [-0.4, -0.2) is 17.6 Å². The normalized spacial score (nSPS) is 11.7. The highest BCUT2D eigenvalue weighted by Gasteiger charge is 2.17. The number of nitrogens with one attached hydrogen (secondary N) is 1. The maximum Gasteiger partial charge on any atom is 0.285 e. The third kappa shape index (κ3) is 6.21. The van der Waals surface area contributed by atoms with E-state index in [1.54, 1.807) is 6.92 Å². The second kappa shape index (κ2) is 8.19. The molecule has 1 unspecified atom stereocenters. The van der Waals surface area contributed by atoms with Crippen molar-refractivity contribution in [2.24, 2.45) is 11.7 Å². The summed E-state index contributed by atoms with van der Waals surface area (Å²) in [6.07, 6.45) is 2.35. The summed E-state index contributed by atoms with van der Waals surface area (Å²) in [7, 11) is 0. The van der Waals surface area contributed by atoms with E-state index in [0.717, 1.165) is 11.3 Å². The molecule has 0 bridgehead atoms. The van der Waals surface area contributed by atoms with Crippen molar-refractivity contribution in [3.63, 3.8) is 0 Å². The lowest BCUT2D eigenvalue weighted by Crippen LogP contribution is -2.28. The standard InChI is InChI=1S/C16H22N2O3/c1-11-7-9-13(10-8-11)18-14(19)6-4-3-5-12(2)15(20)16(17)21/h7-10,12H,3-6H2,1-2H3,(H2,17,21)(H,18,19). The van der Waals surface area contributed by atoms with Gasteiger partial charge in [0.1, 0.15) is 0 Å². The summed E-state index contributed by atoms with van der Waals surface area (Å²) in [6.45, 7) is 3.67. The van der Waals surface area contributed by atoms with Crippen molar-refractivity contribution in [2.45, 2.75) is 39.5 Å². The van der Waals surface area contributed by atoms with E-state index in [1.807, 2.05) is 31.2 Å². The molecule has 0 aromatic heterocycles. The van der Waals surface area contributed by atoms with Gasteiger partial charge in [-0.2, -0.15) is 0 Å². The predicted molar refractivity (Wildman–Crippen MR) is 81.6 cm³/mol.